The highest BCUT2D eigenvalue weighted by atomic mass is 32.2. The van der Waals surface area contributed by atoms with Gasteiger partial charge in [-0.3, -0.25) is 4.79 Å². The number of thioether (sulfide) groups is 1. The van der Waals surface area contributed by atoms with E-state index in [9.17, 15) is 4.79 Å². The summed E-state index contributed by atoms with van der Waals surface area (Å²) in [6.07, 6.45) is 6.75. The highest BCUT2D eigenvalue weighted by Gasteiger charge is 2.27. The molecule has 0 unspecified atom stereocenters. The van der Waals surface area contributed by atoms with E-state index >= 15 is 0 Å². The monoisotopic (exact) mass is 230 g/mol. The van der Waals surface area contributed by atoms with Crippen LogP contribution in [0, 0.1) is 0 Å². The minimum absolute atomic E-state index is 0.0323. The molecule has 0 saturated heterocycles. The molecule has 15 heavy (non-hydrogen) atoms. The van der Waals surface area contributed by atoms with E-state index in [1.54, 1.807) is 13.8 Å². The Morgan fingerprint density at radius 3 is 2.27 bits per heavy atom. The van der Waals surface area contributed by atoms with E-state index in [-0.39, 0.29) is 5.91 Å². The first-order valence-electron chi connectivity index (χ1n) is 5.56. The van der Waals surface area contributed by atoms with Gasteiger partial charge in [-0.2, -0.15) is 11.8 Å². The van der Waals surface area contributed by atoms with Crippen LogP contribution in [0.4, 0.5) is 0 Å². The lowest BCUT2D eigenvalue weighted by molar-refractivity contribution is -0.126. The van der Waals surface area contributed by atoms with E-state index in [0.29, 0.717) is 6.04 Å². The van der Waals surface area contributed by atoms with E-state index in [2.05, 4.69) is 11.6 Å². The standard InChI is InChI=1S/C11H22N2OS/c1-11(2,12)10(14)13-8-4-6-9(15-3)7-5-8/h8-9H,4-7,12H2,1-3H3,(H,13,14). The molecule has 0 spiro atoms. The highest BCUT2D eigenvalue weighted by molar-refractivity contribution is 7.99. The second-order valence-corrected chi connectivity index (χ2v) is 6.04. The fraction of sp³-hybridized carbons (Fsp3) is 0.909. The van der Waals surface area contributed by atoms with Crippen molar-refractivity contribution in [3.05, 3.63) is 0 Å². The molecule has 0 bridgehead atoms. The summed E-state index contributed by atoms with van der Waals surface area (Å²) in [5, 5.41) is 3.81. The molecular formula is C11H22N2OS. The van der Waals surface area contributed by atoms with Crippen LogP contribution >= 0.6 is 11.8 Å². The molecular weight excluding hydrogens is 208 g/mol. The van der Waals surface area contributed by atoms with Gasteiger partial charge in [-0.1, -0.05) is 0 Å². The van der Waals surface area contributed by atoms with E-state index < -0.39 is 5.54 Å². The molecule has 3 N–H and O–H groups in total. The average Bonchev–Trinajstić information content (AvgIpc) is 2.17. The van der Waals surface area contributed by atoms with Crippen molar-refractivity contribution in [2.45, 2.75) is 56.4 Å². The highest BCUT2D eigenvalue weighted by Crippen LogP contribution is 2.26. The third-order valence-electron chi connectivity index (χ3n) is 2.93. The molecule has 1 amide bonds. The van der Waals surface area contributed by atoms with Gasteiger partial charge in [-0.15, -0.1) is 0 Å². The van der Waals surface area contributed by atoms with Crippen molar-refractivity contribution >= 4 is 17.7 Å². The average molecular weight is 230 g/mol. The molecule has 3 nitrogen and oxygen atoms in total. The Balaban J connectivity index is 2.33. The van der Waals surface area contributed by atoms with E-state index in [1.165, 1.54) is 12.8 Å². The SMILES string of the molecule is CSC1CCC(NC(=O)C(C)(C)N)CC1. The largest absolute Gasteiger partial charge is 0.352 e. The fourth-order valence-electron chi connectivity index (χ4n) is 1.81. The van der Waals surface area contributed by atoms with E-state index in [1.807, 2.05) is 11.8 Å². The van der Waals surface area contributed by atoms with Crippen LogP contribution in [-0.2, 0) is 4.79 Å². The van der Waals surface area contributed by atoms with Gasteiger partial charge < -0.3 is 11.1 Å². The molecule has 1 saturated carbocycles. The quantitative estimate of drug-likeness (QED) is 0.773. The summed E-state index contributed by atoms with van der Waals surface area (Å²) in [5.41, 5.74) is 4.98. The zero-order valence-corrected chi connectivity index (χ0v) is 10.7. The number of nitrogens with one attached hydrogen (secondary N) is 1. The van der Waals surface area contributed by atoms with Crippen molar-refractivity contribution < 1.29 is 4.79 Å². The van der Waals surface area contributed by atoms with Crippen LogP contribution in [0.15, 0.2) is 0 Å². The number of carbonyl (C=O) groups excluding carboxylic acids is 1. The van der Waals surface area contributed by atoms with Crippen LogP contribution in [0.5, 0.6) is 0 Å². The molecule has 0 heterocycles. The lowest BCUT2D eigenvalue weighted by Crippen LogP contribution is -2.52. The van der Waals surface area contributed by atoms with Crippen molar-refractivity contribution in [2.75, 3.05) is 6.26 Å². The Morgan fingerprint density at radius 2 is 1.87 bits per heavy atom. The maximum absolute atomic E-state index is 11.6. The maximum Gasteiger partial charge on any atom is 0.239 e. The Bertz CT molecular complexity index is 217. The van der Waals surface area contributed by atoms with Crippen LogP contribution in [0.25, 0.3) is 0 Å². The summed E-state index contributed by atoms with van der Waals surface area (Å²) in [7, 11) is 0. The molecule has 0 radical (unpaired) electrons. The Morgan fingerprint density at radius 1 is 1.33 bits per heavy atom. The van der Waals surface area contributed by atoms with Crippen LogP contribution in [0.2, 0.25) is 0 Å². The lowest BCUT2D eigenvalue weighted by Gasteiger charge is -2.30. The predicted octanol–water partition coefficient (Wildman–Crippen LogP) is 1.51. The van der Waals surface area contributed by atoms with Crippen molar-refractivity contribution in [1.82, 2.24) is 5.32 Å². The molecule has 1 aliphatic carbocycles. The third-order valence-corrected chi connectivity index (χ3v) is 4.07. The van der Waals surface area contributed by atoms with Gasteiger partial charge in [-0.05, 0) is 45.8 Å². The second kappa shape index (κ2) is 5.21. The number of amides is 1. The maximum atomic E-state index is 11.6. The van der Waals surface area contributed by atoms with Crippen molar-refractivity contribution in [1.29, 1.82) is 0 Å². The molecule has 1 aliphatic rings. The molecule has 1 fully saturated rings. The number of nitrogens with two attached hydrogens (primary N) is 1. The van der Waals surface area contributed by atoms with Gasteiger partial charge in [0.05, 0.1) is 5.54 Å². The molecule has 0 aromatic rings. The first kappa shape index (κ1) is 12.8. The third kappa shape index (κ3) is 4.03. The summed E-state index contributed by atoms with van der Waals surface area (Å²) in [6, 6.07) is 0.337. The number of carbonyl (C=O) groups is 1. The summed E-state index contributed by atoms with van der Waals surface area (Å²) in [6.45, 7) is 3.49. The van der Waals surface area contributed by atoms with Crippen LogP contribution in [-0.4, -0.2) is 29.0 Å². The van der Waals surface area contributed by atoms with Gasteiger partial charge in [0.25, 0.3) is 0 Å². The van der Waals surface area contributed by atoms with E-state index in [0.717, 1.165) is 18.1 Å². The Labute approximate surface area is 96.6 Å². The predicted molar refractivity (Wildman–Crippen MR) is 66.0 cm³/mol. The van der Waals surface area contributed by atoms with Crippen LogP contribution in [0.3, 0.4) is 0 Å². The van der Waals surface area contributed by atoms with Crippen LogP contribution in [0.1, 0.15) is 39.5 Å². The van der Waals surface area contributed by atoms with Crippen molar-refractivity contribution in [2.24, 2.45) is 5.73 Å². The molecule has 0 aliphatic heterocycles. The Hall–Kier alpha value is -0.220. The molecule has 4 heteroatoms. The van der Waals surface area contributed by atoms with E-state index in [4.69, 9.17) is 5.73 Å². The van der Waals surface area contributed by atoms with Gasteiger partial charge in [0.15, 0.2) is 0 Å². The second-order valence-electron chi connectivity index (χ2n) is 4.90. The summed E-state index contributed by atoms with van der Waals surface area (Å²) < 4.78 is 0. The Kier molecular flexibility index (Phi) is 4.46. The van der Waals surface area contributed by atoms with Gasteiger partial charge >= 0.3 is 0 Å². The molecule has 0 aromatic carbocycles. The molecule has 1 rings (SSSR count). The van der Waals surface area contributed by atoms with Crippen molar-refractivity contribution in [3.8, 4) is 0 Å². The molecule has 0 atom stereocenters. The van der Waals surface area contributed by atoms with Gasteiger partial charge in [0, 0.05) is 11.3 Å². The lowest BCUT2D eigenvalue weighted by atomic mass is 9.94. The summed E-state index contributed by atoms with van der Waals surface area (Å²) >= 11 is 1.93. The zero-order chi connectivity index (χ0) is 11.5. The summed E-state index contributed by atoms with van der Waals surface area (Å²) in [4.78, 5) is 11.6. The zero-order valence-electron chi connectivity index (χ0n) is 9.88. The first-order valence-corrected chi connectivity index (χ1v) is 6.85. The van der Waals surface area contributed by atoms with Crippen molar-refractivity contribution in [3.63, 3.8) is 0 Å². The number of rotatable bonds is 3. The molecule has 0 aromatic heterocycles. The fourth-order valence-corrected chi connectivity index (χ4v) is 2.56. The normalized spacial score (nSPS) is 27.5. The smallest absolute Gasteiger partial charge is 0.239 e. The van der Waals surface area contributed by atoms with Gasteiger partial charge in [0.2, 0.25) is 5.91 Å². The number of hydrogen-bond acceptors (Lipinski definition) is 3. The summed E-state index contributed by atoms with van der Waals surface area (Å²) in [5.74, 6) is -0.0323. The topological polar surface area (TPSA) is 55.1 Å². The molecule has 88 valence electrons. The van der Waals surface area contributed by atoms with Gasteiger partial charge in [0.1, 0.15) is 0 Å². The first-order chi connectivity index (χ1) is 6.93. The van der Waals surface area contributed by atoms with Crippen LogP contribution < -0.4 is 11.1 Å². The minimum atomic E-state index is -0.754. The van der Waals surface area contributed by atoms with Gasteiger partial charge in [-0.25, -0.2) is 0 Å². The number of hydrogen-bond donors (Lipinski definition) is 2. The minimum Gasteiger partial charge on any atom is -0.352 e.